The van der Waals surface area contributed by atoms with Gasteiger partial charge in [0.1, 0.15) is 13.2 Å². The first-order chi connectivity index (χ1) is 12.1. The van der Waals surface area contributed by atoms with Crippen molar-refractivity contribution in [2.75, 3.05) is 44.4 Å². The molecule has 0 aromatic heterocycles. The Kier molecular flexibility index (Phi) is 4.25. The molecule has 2 unspecified atom stereocenters. The van der Waals surface area contributed by atoms with E-state index in [4.69, 9.17) is 14.2 Å². The van der Waals surface area contributed by atoms with Crippen LogP contribution in [0, 0.1) is 5.92 Å². The van der Waals surface area contributed by atoms with Gasteiger partial charge < -0.3 is 24.0 Å². The highest BCUT2D eigenvalue weighted by Crippen LogP contribution is 2.36. The van der Waals surface area contributed by atoms with Crippen molar-refractivity contribution in [3.63, 3.8) is 0 Å². The quantitative estimate of drug-likeness (QED) is 0.801. The minimum absolute atomic E-state index is 0.0315. The standard InChI is InChI=1S/C18H22N2O5/c1-12-11-23-5-4-19(12)18(22)13-8-17(21)20(10-13)14-2-3-15-16(9-14)25-7-6-24-15/h2-3,9,12-13H,4-8,10-11H2,1H3. The lowest BCUT2D eigenvalue weighted by Gasteiger charge is -2.35. The number of fused-ring (bicyclic) bond motifs is 1. The lowest BCUT2D eigenvalue weighted by atomic mass is 10.1. The summed E-state index contributed by atoms with van der Waals surface area (Å²) in [6.45, 7) is 5.12. The Balaban J connectivity index is 1.49. The predicted molar refractivity (Wildman–Crippen MR) is 89.9 cm³/mol. The number of nitrogens with zero attached hydrogens (tertiary/aromatic N) is 2. The molecule has 25 heavy (non-hydrogen) atoms. The number of carbonyl (C=O) groups is 2. The molecular weight excluding hydrogens is 324 g/mol. The molecule has 1 aromatic rings. The molecule has 0 saturated carbocycles. The zero-order valence-corrected chi connectivity index (χ0v) is 14.3. The summed E-state index contributed by atoms with van der Waals surface area (Å²) >= 11 is 0. The second-order valence-corrected chi connectivity index (χ2v) is 6.69. The molecule has 0 N–H and O–H groups in total. The summed E-state index contributed by atoms with van der Waals surface area (Å²) in [4.78, 5) is 28.8. The fraction of sp³-hybridized carbons (Fsp3) is 0.556. The van der Waals surface area contributed by atoms with E-state index in [-0.39, 0.29) is 30.2 Å². The van der Waals surface area contributed by atoms with Crippen molar-refractivity contribution in [3.05, 3.63) is 18.2 Å². The summed E-state index contributed by atoms with van der Waals surface area (Å²) in [5.74, 6) is 1.05. The van der Waals surface area contributed by atoms with Gasteiger partial charge in [-0.05, 0) is 19.1 Å². The van der Waals surface area contributed by atoms with E-state index < -0.39 is 0 Å². The third-order valence-electron chi connectivity index (χ3n) is 4.96. The van der Waals surface area contributed by atoms with Crippen molar-refractivity contribution in [1.29, 1.82) is 0 Å². The van der Waals surface area contributed by atoms with Crippen LogP contribution in [0.3, 0.4) is 0 Å². The first kappa shape index (κ1) is 16.2. The molecule has 2 fully saturated rings. The minimum Gasteiger partial charge on any atom is -0.486 e. The van der Waals surface area contributed by atoms with Crippen LogP contribution in [-0.4, -0.2) is 62.3 Å². The van der Waals surface area contributed by atoms with Gasteiger partial charge in [0, 0.05) is 31.3 Å². The highest BCUT2D eigenvalue weighted by atomic mass is 16.6. The van der Waals surface area contributed by atoms with E-state index >= 15 is 0 Å². The van der Waals surface area contributed by atoms with E-state index in [9.17, 15) is 9.59 Å². The number of amides is 2. The van der Waals surface area contributed by atoms with Crippen LogP contribution in [0.4, 0.5) is 5.69 Å². The first-order valence-electron chi connectivity index (χ1n) is 8.72. The molecule has 1 aromatic carbocycles. The van der Waals surface area contributed by atoms with Gasteiger partial charge in [0.2, 0.25) is 11.8 Å². The molecule has 2 amide bonds. The highest BCUT2D eigenvalue weighted by Gasteiger charge is 2.39. The smallest absolute Gasteiger partial charge is 0.228 e. The Labute approximate surface area is 146 Å². The summed E-state index contributed by atoms with van der Waals surface area (Å²) < 4.78 is 16.5. The molecule has 0 radical (unpaired) electrons. The minimum atomic E-state index is -0.304. The predicted octanol–water partition coefficient (Wildman–Crippen LogP) is 1.06. The summed E-state index contributed by atoms with van der Waals surface area (Å²) in [5.41, 5.74) is 0.750. The zero-order chi connectivity index (χ0) is 17.4. The number of hydrogen-bond donors (Lipinski definition) is 0. The maximum Gasteiger partial charge on any atom is 0.228 e. The van der Waals surface area contributed by atoms with Gasteiger partial charge in [0.25, 0.3) is 0 Å². The van der Waals surface area contributed by atoms with Gasteiger partial charge in [-0.3, -0.25) is 9.59 Å². The molecular formula is C18H22N2O5. The lowest BCUT2D eigenvalue weighted by molar-refractivity contribution is -0.143. The van der Waals surface area contributed by atoms with Crippen molar-refractivity contribution in [1.82, 2.24) is 4.90 Å². The second-order valence-electron chi connectivity index (χ2n) is 6.69. The van der Waals surface area contributed by atoms with Crippen LogP contribution in [0.15, 0.2) is 18.2 Å². The maximum atomic E-state index is 12.8. The second kappa shape index (κ2) is 6.55. The van der Waals surface area contributed by atoms with Gasteiger partial charge in [-0.2, -0.15) is 0 Å². The van der Waals surface area contributed by atoms with E-state index in [2.05, 4.69) is 0 Å². The number of ether oxygens (including phenoxy) is 3. The van der Waals surface area contributed by atoms with Gasteiger partial charge in [0.15, 0.2) is 11.5 Å². The van der Waals surface area contributed by atoms with Crippen LogP contribution in [-0.2, 0) is 14.3 Å². The van der Waals surface area contributed by atoms with Gasteiger partial charge >= 0.3 is 0 Å². The van der Waals surface area contributed by atoms with Crippen LogP contribution in [0.5, 0.6) is 11.5 Å². The number of hydrogen-bond acceptors (Lipinski definition) is 5. The number of anilines is 1. The van der Waals surface area contributed by atoms with Crippen LogP contribution in [0.25, 0.3) is 0 Å². The molecule has 0 spiro atoms. The molecule has 0 bridgehead atoms. The molecule has 7 nitrogen and oxygen atoms in total. The Morgan fingerprint density at radius 2 is 1.96 bits per heavy atom. The van der Waals surface area contributed by atoms with E-state index in [1.165, 1.54) is 0 Å². The van der Waals surface area contributed by atoms with Crippen molar-refractivity contribution < 1.29 is 23.8 Å². The maximum absolute atomic E-state index is 12.8. The highest BCUT2D eigenvalue weighted by molar-refractivity contribution is 6.00. The average Bonchev–Trinajstić information content (AvgIpc) is 3.03. The molecule has 2 atom stereocenters. The molecule has 0 aliphatic carbocycles. The number of benzene rings is 1. The number of morpholine rings is 1. The van der Waals surface area contributed by atoms with Crippen molar-refractivity contribution in [3.8, 4) is 11.5 Å². The topological polar surface area (TPSA) is 68.3 Å². The molecule has 3 heterocycles. The number of rotatable bonds is 2. The van der Waals surface area contributed by atoms with Crippen molar-refractivity contribution >= 4 is 17.5 Å². The van der Waals surface area contributed by atoms with Crippen LogP contribution < -0.4 is 14.4 Å². The Bertz CT molecular complexity index is 692. The van der Waals surface area contributed by atoms with E-state index in [1.54, 1.807) is 4.90 Å². The molecule has 7 heteroatoms. The fourth-order valence-electron chi connectivity index (χ4n) is 3.61. The average molecular weight is 346 g/mol. The third kappa shape index (κ3) is 3.04. The third-order valence-corrected chi connectivity index (χ3v) is 4.96. The van der Waals surface area contributed by atoms with Gasteiger partial charge in [0.05, 0.1) is 25.2 Å². The molecule has 134 valence electrons. The van der Waals surface area contributed by atoms with E-state index in [1.807, 2.05) is 30.0 Å². The Morgan fingerprint density at radius 3 is 2.76 bits per heavy atom. The summed E-state index contributed by atoms with van der Waals surface area (Å²) in [5, 5.41) is 0. The summed E-state index contributed by atoms with van der Waals surface area (Å²) in [7, 11) is 0. The van der Waals surface area contributed by atoms with E-state index in [0.29, 0.717) is 51.0 Å². The van der Waals surface area contributed by atoms with Crippen molar-refractivity contribution in [2.45, 2.75) is 19.4 Å². The Morgan fingerprint density at radius 1 is 1.16 bits per heavy atom. The normalized spacial score (nSPS) is 26.0. The zero-order valence-electron chi connectivity index (χ0n) is 14.3. The van der Waals surface area contributed by atoms with Crippen LogP contribution in [0.1, 0.15) is 13.3 Å². The first-order valence-corrected chi connectivity index (χ1v) is 8.72. The lowest BCUT2D eigenvalue weighted by Crippen LogP contribution is -2.49. The summed E-state index contributed by atoms with van der Waals surface area (Å²) in [6, 6.07) is 5.53. The number of carbonyl (C=O) groups excluding carboxylic acids is 2. The molecule has 3 aliphatic heterocycles. The molecule has 4 rings (SSSR count). The van der Waals surface area contributed by atoms with Crippen LogP contribution in [0.2, 0.25) is 0 Å². The monoisotopic (exact) mass is 346 g/mol. The van der Waals surface area contributed by atoms with Gasteiger partial charge in [-0.1, -0.05) is 0 Å². The largest absolute Gasteiger partial charge is 0.486 e. The molecule has 3 aliphatic rings. The van der Waals surface area contributed by atoms with E-state index in [0.717, 1.165) is 5.69 Å². The summed E-state index contributed by atoms with van der Waals surface area (Å²) in [6.07, 6.45) is 0.247. The fourth-order valence-corrected chi connectivity index (χ4v) is 3.61. The SMILES string of the molecule is CC1COCCN1C(=O)C1CC(=O)N(c2ccc3c(c2)OCCO3)C1. The Hall–Kier alpha value is -2.28. The van der Waals surface area contributed by atoms with Crippen LogP contribution >= 0.6 is 0 Å². The van der Waals surface area contributed by atoms with Gasteiger partial charge in [-0.15, -0.1) is 0 Å². The van der Waals surface area contributed by atoms with Crippen molar-refractivity contribution in [2.24, 2.45) is 5.92 Å². The van der Waals surface area contributed by atoms with Gasteiger partial charge in [-0.25, -0.2) is 0 Å². The molecule has 2 saturated heterocycles.